The van der Waals surface area contributed by atoms with Gasteiger partial charge < -0.3 is 18.6 Å². The Labute approximate surface area is 257 Å². The second kappa shape index (κ2) is 11.9. The highest BCUT2D eigenvalue weighted by molar-refractivity contribution is 9.10. The maximum atomic E-state index is 14.0. The Kier molecular flexibility index (Phi) is 8.47. The number of benzene rings is 2. The van der Waals surface area contributed by atoms with E-state index in [9.17, 15) is 9.59 Å². The van der Waals surface area contributed by atoms with Gasteiger partial charge in [0.05, 0.1) is 47.7 Å². The topological polar surface area (TPSA) is 92.3 Å². The van der Waals surface area contributed by atoms with Crippen LogP contribution < -0.4 is 24.4 Å². The molecule has 2 aromatic heterocycles. The zero-order chi connectivity index (χ0) is 29.4. The molecule has 0 amide bonds. The maximum absolute atomic E-state index is 14.0. The molecule has 0 aliphatic carbocycles. The van der Waals surface area contributed by atoms with Crippen LogP contribution in [0.1, 0.15) is 31.2 Å². The van der Waals surface area contributed by atoms with Gasteiger partial charge >= 0.3 is 5.97 Å². The van der Waals surface area contributed by atoms with Gasteiger partial charge in [0.1, 0.15) is 11.5 Å². The molecule has 0 spiro atoms. The summed E-state index contributed by atoms with van der Waals surface area (Å²) in [6.07, 6.45) is 1.64. The lowest BCUT2D eigenvalue weighted by atomic mass is 9.95. The summed E-state index contributed by atoms with van der Waals surface area (Å²) >= 11 is 17.2. The van der Waals surface area contributed by atoms with Crippen molar-refractivity contribution in [1.82, 2.24) is 4.57 Å². The number of hydrogen-bond donors (Lipinski definition) is 0. The SMILES string of the molecule is CCOC(=O)C1=C(C)N=c2s/c(=C\c3ccc(-c4ccc(Cl)cc4Cl)o3)c(=O)n2[C@@H]1c1cc(OC)c(OC)cc1Br. The minimum Gasteiger partial charge on any atom is -0.493 e. The Hall–Kier alpha value is -3.31. The quantitative estimate of drug-likeness (QED) is 0.218. The van der Waals surface area contributed by atoms with Gasteiger partial charge in [-0.15, -0.1) is 0 Å². The highest BCUT2D eigenvalue weighted by Gasteiger charge is 2.35. The van der Waals surface area contributed by atoms with E-state index < -0.39 is 12.0 Å². The molecule has 0 radical (unpaired) electrons. The van der Waals surface area contributed by atoms with Crippen LogP contribution in [0.15, 0.2) is 72.4 Å². The van der Waals surface area contributed by atoms with E-state index in [-0.39, 0.29) is 17.7 Å². The molecular formula is C29H23BrCl2N2O6S. The number of thiazole rings is 1. The average molecular weight is 678 g/mol. The fraction of sp³-hybridized carbons (Fsp3) is 0.207. The number of carbonyl (C=O) groups is 1. The van der Waals surface area contributed by atoms with Crippen LogP contribution in [0.4, 0.5) is 0 Å². The van der Waals surface area contributed by atoms with Crippen LogP contribution in [-0.4, -0.2) is 31.4 Å². The van der Waals surface area contributed by atoms with E-state index in [1.54, 1.807) is 62.4 Å². The Morgan fingerprint density at radius 2 is 1.88 bits per heavy atom. The number of methoxy groups -OCH3 is 2. The predicted molar refractivity (Wildman–Crippen MR) is 162 cm³/mol. The lowest BCUT2D eigenvalue weighted by Gasteiger charge is -2.26. The summed E-state index contributed by atoms with van der Waals surface area (Å²) in [6.45, 7) is 3.61. The zero-order valence-corrected chi connectivity index (χ0v) is 26.2. The Morgan fingerprint density at radius 3 is 2.56 bits per heavy atom. The molecular weight excluding hydrogens is 655 g/mol. The van der Waals surface area contributed by atoms with Crippen molar-refractivity contribution in [2.24, 2.45) is 4.99 Å². The number of fused-ring (bicyclic) bond motifs is 1. The second-order valence-corrected chi connectivity index (χ2v) is 11.6. The largest absolute Gasteiger partial charge is 0.493 e. The van der Waals surface area contributed by atoms with Gasteiger partial charge in [-0.05, 0) is 61.9 Å². The first kappa shape index (κ1) is 29.2. The molecule has 212 valence electrons. The number of aromatic nitrogens is 1. The summed E-state index contributed by atoms with van der Waals surface area (Å²) in [7, 11) is 3.05. The van der Waals surface area contributed by atoms with Crippen molar-refractivity contribution in [3.05, 3.63) is 99.3 Å². The lowest BCUT2D eigenvalue weighted by molar-refractivity contribution is -0.139. The summed E-state index contributed by atoms with van der Waals surface area (Å²) in [5.41, 5.74) is 1.62. The first-order valence-corrected chi connectivity index (χ1v) is 14.7. The van der Waals surface area contributed by atoms with Crippen molar-refractivity contribution < 1.29 is 23.4 Å². The highest BCUT2D eigenvalue weighted by Crippen LogP contribution is 2.41. The van der Waals surface area contributed by atoms with E-state index in [1.807, 2.05) is 0 Å². The molecule has 0 saturated carbocycles. The first-order valence-electron chi connectivity index (χ1n) is 12.3. The number of allylic oxidation sites excluding steroid dienone is 1. The fourth-order valence-electron chi connectivity index (χ4n) is 4.56. The summed E-state index contributed by atoms with van der Waals surface area (Å²) < 4.78 is 24.8. The number of halogens is 3. The molecule has 0 fully saturated rings. The number of furan rings is 1. The van der Waals surface area contributed by atoms with Crippen LogP contribution in [0.3, 0.4) is 0 Å². The van der Waals surface area contributed by atoms with Crippen molar-refractivity contribution >= 4 is 62.5 Å². The first-order chi connectivity index (χ1) is 19.7. The van der Waals surface area contributed by atoms with Gasteiger partial charge in [0.2, 0.25) is 0 Å². The van der Waals surface area contributed by atoms with Crippen LogP contribution >= 0.6 is 50.5 Å². The van der Waals surface area contributed by atoms with Gasteiger partial charge in [0, 0.05) is 21.1 Å². The van der Waals surface area contributed by atoms with Gasteiger partial charge in [-0.1, -0.05) is 50.5 Å². The molecule has 2 aromatic carbocycles. The van der Waals surface area contributed by atoms with Gasteiger partial charge in [-0.2, -0.15) is 0 Å². The third-order valence-corrected chi connectivity index (χ3v) is 8.63. The number of hydrogen-bond acceptors (Lipinski definition) is 8. The van der Waals surface area contributed by atoms with E-state index >= 15 is 0 Å². The van der Waals surface area contributed by atoms with Gasteiger partial charge in [-0.25, -0.2) is 9.79 Å². The summed E-state index contributed by atoms with van der Waals surface area (Å²) in [4.78, 5) is 32.2. The second-order valence-electron chi connectivity index (χ2n) is 8.86. The van der Waals surface area contributed by atoms with Crippen molar-refractivity contribution in [2.75, 3.05) is 20.8 Å². The number of carbonyl (C=O) groups excluding carboxylic acids is 1. The molecule has 0 N–H and O–H groups in total. The van der Waals surface area contributed by atoms with Crippen molar-refractivity contribution in [3.8, 4) is 22.8 Å². The van der Waals surface area contributed by atoms with Gasteiger partial charge in [-0.3, -0.25) is 9.36 Å². The molecule has 8 nitrogen and oxygen atoms in total. The summed E-state index contributed by atoms with van der Waals surface area (Å²) in [5.74, 6) is 1.34. The molecule has 12 heteroatoms. The molecule has 0 unspecified atom stereocenters. The number of rotatable bonds is 7. The smallest absolute Gasteiger partial charge is 0.338 e. The molecule has 0 saturated heterocycles. The van der Waals surface area contributed by atoms with Crippen LogP contribution in [0, 0.1) is 0 Å². The average Bonchev–Trinajstić information content (AvgIpc) is 3.51. The maximum Gasteiger partial charge on any atom is 0.338 e. The minimum absolute atomic E-state index is 0.165. The van der Waals surface area contributed by atoms with Crippen LogP contribution in [0.5, 0.6) is 11.5 Å². The van der Waals surface area contributed by atoms with E-state index in [1.165, 1.54) is 30.1 Å². The molecule has 0 bridgehead atoms. The Balaban J connectivity index is 1.68. The van der Waals surface area contributed by atoms with E-state index in [0.29, 0.717) is 63.7 Å². The molecule has 3 heterocycles. The van der Waals surface area contributed by atoms with E-state index in [4.69, 9.17) is 41.8 Å². The number of nitrogens with zero attached hydrogens (tertiary/aromatic N) is 2. The van der Waals surface area contributed by atoms with E-state index in [2.05, 4.69) is 20.9 Å². The molecule has 1 aliphatic heterocycles. The van der Waals surface area contributed by atoms with Gasteiger partial charge in [0.25, 0.3) is 5.56 Å². The van der Waals surface area contributed by atoms with Crippen molar-refractivity contribution in [1.29, 1.82) is 0 Å². The lowest BCUT2D eigenvalue weighted by Crippen LogP contribution is -2.40. The van der Waals surface area contributed by atoms with Crippen molar-refractivity contribution in [3.63, 3.8) is 0 Å². The van der Waals surface area contributed by atoms with E-state index in [0.717, 1.165) is 0 Å². The minimum atomic E-state index is -0.846. The fourth-order valence-corrected chi connectivity index (χ4v) is 6.63. The number of esters is 1. The Morgan fingerprint density at radius 1 is 1.15 bits per heavy atom. The molecule has 41 heavy (non-hydrogen) atoms. The third kappa shape index (κ3) is 5.49. The summed E-state index contributed by atoms with van der Waals surface area (Å²) in [5, 5.41) is 0.958. The predicted octanol–water partition coefficient (Wildman–Crippen LogP) is 6.14. The third-order valence-electron chi connectivity index (χ3n) is 6.41. The standard InChI is InChI=1S/C29H23BrCl2N2O6S/c1-5-39-28(36)25-14(2)33-29-34(26(25)18-12-22(37-3)23(38-4)13-19(18)30)27(35)24(41-29)11-16-7-9-21(40-16)17-8-6-15(31)10-20(17)32/h6-13,26H,5H2,1-4H3/b24-11-/t26-/m1/s1. The molecule has 4 aromatic rings. The Bertz CT molecular complexity index is 1890. The molecule has 1 atom stereocenters. The van der Waals surface area contributed by atoms with Crippen molar-refractivity contribution in [2.45, 2.75) is 19.9 Å². The van der Waals surface area contributed by atoms with Gasteiger partial charge in [0.15, 0.2) is 16.3 Å². The van der Waals surface area contributed by atoms with Crippen LogP contribution in [-0.2, 0) is 9.53 Å². The van der Waals surface area contributed by atoms with Crippen LogP contribution in [0.2, 0.25) is 10.0 Å². The molecule has 5 rings (SSSR count). The summed E-state index contributed by atoms with van der Waals surface area (Å²) in [6, 6.07) is 11.3. The number of ether oxygens (including phenoxy) is 3. The highest BCUT2D eigenvalue weighted by atomic mass is 79.9. The normalized spacial score (nSPS) is 15.0. The van der Waals surface area contributed by atoms with Crippen LogP contribution in [0.25, 0.3) is 17.4 Å². The monoisotopic (exact) mass is 676 g/mol. The zero-order valence-electron chi connectivity index (χ0n) is 22.3. The molecule has 1 aliphatic rings.